The minimum Gasteiger partial charge on any atom is -0.166 e. The molecule has 0 radical (unpaired) electrons. The molecule has 0 aliphatic carbocycles. The Morgan fingerprint density at radius 3 is 1.00 bits per heavy atom. The van der Waals surface area contributed by atoms with E-state index in [9.17, 15) is 26.3 Å². The molecule has 0 heterocycles. The van der Waals surface area contributed by atoms with Gasteiger partial charge in [-0.2, -0.15) is 26.3 Å². The van der Waals surface area contributed by atoms with Gasteiger partial charge in [0.05, 0.1) is 11.1 Å². The van der Waals surface area contributed by atoms with Gasteiger partial charge < -0.3 is 0 Å². The highest BCUT2D eigenvalue weighted by Gasteiger charge is 2.30. The Morgan fingerprint density at radius 2 is 0.658 bits per heavy atom. The number of rotatable bonds is 0. The van der Waals surface area contributed by atoms with Gasteiger partial charge in [-0.25, -0.2) is 0 Å². The van der Waals surface area contributed by atoms with E-state index in [2.05, 4.69) is 23.7 Å². The predicted octanol–water partition coefficient (Wildman–Crippen LogP) is 8.83. The average molecular weight is 514 g/mol. The molecule has 0 saturated heterocycles. The summed E-state index contributed by atoms with van der Waals surface area (Å²) < 4.78 is 76.4. The molecule has 38 heavy (non-hydrogen) atoms. The van der Waals surface area contributed by atoms with Crippen molar-refractivity contribution in [2.24, 2.45) is 0 Å². The zero-order valence-electron chi connectivity index (χ0n) is 19.5. The molecule has 0 bridgehead atoms. The van der Waals surface area contributed by atoms with Gasteiger partial charge >= 0.3 is 12.4 Å². The molecule has 6 heteroatoms. The molecular weight excluding hydrogens is 498 g/mol. The van der Waals surface area contributed by atoms with E-state index in [-0.39, 0.29) is 0 Å². The highest BCUT2D eigenvalue weighted by Crippen LogP contribution is 2.30. The van der Waals surface area contributed by atoms with E-state index in [0.717, 1.165) is 56.9 Å². The Labute approximate surface area is 214 Å². The smallest absolute Gasteiger partial charge is 0.166 e. The van der Waals surface area contributed by atoms with Crippen LogP contribution in [0.15, 0.2) is 97.1 Å². The Balaban J connectivity index is 1.38. The second-order valence-electron chi connectivity index (χ2n) is 8.63. The van der Waals surface area contributed by atoms with Gasteiger partial charge in [0.1, 0.15) is 0 Å². The van der Waals surface area contributed by atoms with Gasteiger partial charge in [-0.3, -0.25) is 0 Å². The molecule has 0 N–H and O–H groups in total. The van der Waals surface area contributed by atoms with Crippen molar-refractivity contribution in [3.05, 3.63) is 130 Å². The summed E-state index contributed by atoms with van der Waals surface area (Å²) in [6.07, 6.45) is -8.76. The van der Waals surface area contributed by atoms with Crippen molar-refractivity contribution in [1.29, 1.82) is 0 Å². The first kappa shape index (κ1) is 25.0. The van der Waals surface area contributed by atoms with Crippen LogP contribution in [-0.4, -0.2) is 0 Å². The molecule has 5 aromatic rings. The maximum absolute atomic E-state index is 12.7. The number of benzene rings is 5. The second-order valence-corrected chi connectivity index (χ2v) is 8.63. The van der Waals surface area contributed by atoms with Gasteiger partial charge in [0, 0.05) is 22.3 Å². The molecule has 5 aromatic carbocycles. The van der Waals surface area contributed by atoms with Crippen LogP contribution in [-0.2, 0) is 12.4 Å². The van der Waals surface area contributed by atoms with Crippen LogP contribution in [0.3, 0.4) is 0 Å². The largest absolute Gasteiger partial charge is 0.416 e. The molecule has 0 saturated carbocycles. The Bertz CT molecular complexity index is 1630. The number of halogens is 6. The average Bonchev–Trinajstić information content (AvgIpc) is 2.89. The number of hydrogen-bond acceptors (Lipinski definition) is 0. The molecule has 186 valence electrons. The number of fused-ring (bicyclic) bond motifs is 2. The van der Waals surface area contributed by atoms with Gasteiger partial charge in [-0.1, -0.05) is 35.8 Å². The third-order valence-electron chi connectivity index (χ3n) is 5.92. The molecule has 0 atom stereocenters. The first-order valence-corrected chi connectivity index (χ1v) is 11.4. The molecule has 0 aliphatic heterocycles. The summed E-state index contributed by atoms with van der Waals surface area (Å²) in [5.74, 6) is 11.8. The standard InChI is InChI=1S/C32H16F6/c33-31(34,35)29-13-7-21(8-14-29)1-3-23-5-11-25-20-28-18-24(6-12-26(28)19-27(25)17-23)4-2-22-9-15-30(16-10-22)32(36,37)38/h5-20H. The topological polar surface area (TPSA) is 0 Å². The maximum atomic E-state index is 12.7. The molecule has 0 aliphatic rings. The predicted molar refractivity (Wildman–Crippen MR) is 136 cm³/mol. The monoisotopic (exact) mass is 514 g/mol. The summed E-state index contributed by atoms with van der Waals surface area (Å²) in [4.78, 5) is 0. The third-order valence-corrected chi connectivity index (χ3v) is 5.92. The van der Waals surface area contributed by atoms with Crippen molar-refractivity contribution in [3.8, 4) is 23.7 Å². The molecule has 5 rings (SSSR count). The van der Waals surface area contributed by atoms with Gasteiger partial charge in [0.2, 0.25) is 0 Å². The quantitative estimate of drug-likeness (QED) is 0.110. The summed E-state index contributed by atoms with van der Waals surface area (Å²) in [6, 6.07) is 24.9. The van der Waals surface area contributed by atoms with Crippen LogP contribution in [0.4, 0.5) is 26.3 Å². The number of hydrogen-bond donors (Lipinski definition) is 0. The summed E-state index contributed by atoms with van der Waals surface area (Å²) >= 11 is 0. The maximum Gasteiger partial charge on any atom is 0.416 e. The first-order valence-electron chi connectivity index (χ1n) is 11.4. The zero-order chi connectivity index (χ0) is 26.9. The van der Waals surface area contributed by atoms with Gasteiger partial charge in [-0.05, 0) is 106 Å². The molecule has 0 spiro atoms. The SMILES string of the molecule is FC(F)(F)c1ccc(C#Cc2ccc3cc4cc(C#Cc5ccc(C(F)(F)F)cc5)ccc4cc3c2)cc1. The highest BCUT2D eigenvalue weighted by molar-refractivity contribution is 5.99. The van der Waals surface area contributed by atoms with Crippen LogP contribution in [0, 0.1) is 23.7 Å². The summed E-state index contributed by atoms with van der Waals surface area (Å²) in [5, 5.41) is 3.87. The second kappa shape index (κ2) is 9.65. The Morgan fingerprint density at radius 1 is 0.342 bits per heavy atom. The summed E-state index contributed by atoms with van der Waals surface area (Å²) in [5.41, 5.74) is 1.01. The lowest BCUT2D eigenvalue weighted by atomic mass is 10.00. The van der Waals surface area contributed by atoms with Crippen LogP contribution in [0.1, 0.15) is 33.4 Å². The van der Waals surface area contributed by atoms with Crippen LogP contribution in [0.5, 0.6) is 0 Å². The van der Waals surface area contributed by atoms with E-state index in [4.69, 9.17) is 0 Å². The lowest BCUT2D eigenvalue weighted by Crippen LogP contribution is -2.04. The van der Waals surface area contributed by atoms with E-state index >= 15 is 0 Å². The molecule has 0 amide bonds. The van der Waals surface area contributed by atoms with Crippen LogP contribution in [0.2, 0.25) is 0 Å². The van der Waals surface area contributed by atoms with Gasteiger partial charge in [0.15, 0.2) is 0 Å². The van der Waals surface area contributed by atoms with E-state index in [0.29, 0.717) is 11.1 Å². The summed E-state index contributed by atoms with van der Waals surface area (Å²) in [7, 11) is 0. The van der Waals surface area contributed by atoms with Crippen LogP contribution in [0.25, 0.3) is 21.5 Å². The fourth-order valence-electron chi connectivity index (χ4n) is 3.93. The van der Waals surface area contributed by atoms with Crippen molar-refractivity contribution in [2.75, 3.05) is 0 Å². The molecule has 0 nitrogen and oxygen atoms in total. The normalized spacial score (nSPS) is 11.5. The van der Waals surface area contributed by atoms with E-state index in [1.807, 2.05) is 48.5 Å². The molecule has 0 unspecified atom stereocenters. The van der Waals surface area contributed by atoms with Gasteiger partial charge in [0.25, 0.3) is 0 Å². The minimum absolute atomic E-state index is 0.488. The van der Waals surface area contributed by atoms with Crippen molar-refractivity contribution in [1.82, 2.24) is 0 Å². The first-order chi connectivity index (χ1) is 18.0. The van der Waals surface area contributed by atoms with E-state index in [1.54, 1.807) is 0 Å². The van der Waals surface area contributed by atoms with Crippen molar-refractivity contribution < 1.29 is 26.3 Å². The fourth-order valence-corrected chi connectivity index (χ4v) is 3.93. The molecular formula is C32H16F6. The van der Waals surface area contributed by atoms with Crippen molar-refractivity contribution in [2.45, 2.75) is 12.4 Å². The van der Waals surface area contributed by atoms with Crippen LogP contribution >= 0.6 is 0 Å². The van der Waals surface area contributed by atoms with Crippen molar-refractivity contribution in [3.63, 3.8) is 0 Å². The van der Waals surface area contributed by atoms with Crippen molar-refractivity contribution >= 4 is 21.5 Å². The highest BCUT2D eigenvalue weighted by atomic mass is 19.4. The van der Waals surface area contributed by atoms with Crippen LogP contribution < -0.4 is 0 Å². The lowest BCUT2D eigenvalue weighted by molar-refractivity contribution is -0.138. The number of alkyl halides is 6. The Hall–Kier alpha value is -4.68. The van der Waals surface area contributed by atoms with Gasteiger partial charge in [-0.15, -0.1) is 0 Å². The molecule has 0 aromatic heterocycles. The van der Waals surface area contributed by atoms with E-state index < -0.39 is 23.5 Å². The lowest BCUT2D eigenvalue weighted by Gasteiger charge is -2.05. The van der Waals surface area contributed by atoms with E-state index in [1.165, 1.54) is 24.3 Å². The third kappa shape index (κ3) is 5.66. The summed E-state index contributed by atoms with van der Waals surface area (Å²) in [6.45, 7) is 0. The minimum atomic E-state index is -4.38. The fraction of sp³-hybridized carbons (Fsp3) is 0.0625. The Kier molecular flexibility index (Phi) is 6.35. The molecule has 0 fully saturated rings. The zero-order valence-corrected chi connectivity index (χ0v) is 19.5.